The van der Waals surface area contributed by atoms with E-state index in [1.54, 1.807) is 0 Å². The fourth-order valence-electron chi connectivity index (χ4n) is 2.63. The second-order valence-corrected chi connectivity index (χ2v) is 5.19. The standard InChI is InChI=1S/C17H15N3O/c1-3-7-15-13(6-1)10-18-17(20-15)19-11-14-9-12-5-2-4-8-16(12)21-14/h1-8,10,14H,9,11H2,(H,18,19,20). The molecule has 0 saturated heterocycles. The SMILES string of the molecule is c1ccc2c(c1)CC(CNc1ncc3ccccc3n1)O2. The van der Waals surface area contributed by atoms with Crippen LogP contribution in [0.3, 0.4) is 0 Å². The minimum Gasteiger partial charge on any atom is -0.488 e. The van der Waals surface area contributed by atoms with E-state index in [0.717, 1.165) is 23.1 Å². The Morgan fingerprint density at radius 1 is 1.10 bits per heavy atom. The monoisotopic (exact) mass is 277 g/mol. The van der Waals surface area contributed by atoms with Gasteiger partial charge < -0.3 is 10.1 Å². The molecule has 2 heterocycles. The third-order valence-electron chi connectivity index (χ3n) is 3.69. The van der Waals surface area contributed by atoms with Gasteiger partial charge in [-0.05, 0) is 17.7 Å². The lowest BCUT2D eigenvalue weighted by Crippen LogP contribution is -2.24. The number of para-hydroxylation sites is 2. The molecule has 4 heteroatoms. The second-order valence-electron chi connectivity index (χ2n) is 5.19. The molecule has 0 radical (unpaired) electrons. The van der Waals surface area contributed by atoms with Crippen LogP contribution in [-0.2, 0) is 6.42 Å². The minimum absolute atomic E-state index is 0.137. The maximum Gasteiger partial charge on any atom is 0.223 e. The molecule has 1 aliphatic rings. The van der Waals surface area contributed by atoms with Crippen LogP contribution in [-0.4, -0.2) is 22.6 Å². The Kier molecular flexibility index (Phi) is 2.92. The number of nitrogens with zero attached hydrogens (tertiary/aromatic N) is 2. The summed E-state index contributed by atoms with van der Waals surface area (Å²) in [6.07, 6.45) is 2.91. The van der Waals surface area contributed by atoms with Crippen LogP contribution in [0.1, 0.15) is 5.56 Å². The number of hydrogen-bond donors (Lipinski definition) is 1. The van der Waals surface area contributed by atoms with Crippen LogP contribution in [0.15, 0.2) is 54.7 Å². The van der Waals surface area contributed by atoms with Crippen LogP contribution >= 0.6 is 0 Å². The zero-order valence-electron chi connectivity index (χ0n) is 11.5. The topological polar surface area (TPSA) is 47.0 Å². The summed E-state index contributed by atoms with van der Waals surface area (Å²) in [4.78, 5) is 8.85. The summed E-state index contributed by atoms with van der Waals surface area (Å²) in [6, 6.07) is 16.1. The van der Waals surface area contributed by atoms with E-state index in [9.17, 15) is 0 Å². The largest absolute Gasteiger partial charge is 0.488 e. The molecule has 4 rings (SSSR count). The fourth-order valence-corrected chi connectivity index (χ4v) is 2.63. The van der Waals surface area contributed by atoms with E-state index in [0.29, 0.717) is 12.5 Å². The van der Waals surface area contributed by atoms with Gasteiger partial charge in [-0.1, -0.05) is 36.4 Å². The second kappa shape index (κ2) is 5.05. The molecule has 1 N–H and O–H groups in total. The molecule has 4 nitrogen and oxygen atoms in total. The summed E-state index contributed by atoms with van der Waals surface area (Å²) in [6.45, 7) is 0.701. The van der Waals surface area contributed by atoms with Gasteiger partial charge in [0.2, 0.25) is 5.95 Å². The number of rotatable bonds is 3. The highest BCUT2D eigenvalue weighted by Crippen LogP contribution is 2.28. The van der Waals surface area contributed by atoms with Crippen molar-refractivity contribution < 1.29 is 4.74 Å². The summed E-state index contributed by atoms with van der Waals surface area (Å²) >= 11 is 0. The zero-order valence-corrected chi connectivity index (χ0v) is 11.5. The Morgan fingerprint density at radius 2 is 1.95 bits per heavy atom. The molecule has 1 aliphatic heterocycles. The number of benzene rings is 2. The lowest BCUT2D eigenvalue weighted by Gasteiger charge is -2.12. The quantitative estimate of drug-likeness (QED) is 0.799. The molecule has 0 aliphatic carbocycles. The van der Waals surface area contributed by atoms with Crippen LogP contribution in [0.25, 0.3) is 10.9 Å². The van der Waals surface area contributed by atoms with Crippen LogP contribution < -0.4 is 10.1 Å². The highest BCUT2D eigenvalue weighted by Gasteiger charge is 2.22. The fraction of sp³-hybridized carbons (Fsp3) is 0.176. The average Bonchev–Trinajstić information content (AvgIpc) is 2.95. The number of nitrogens with one attached hydrogen (secondary N) is 1. The van der Waals surface area contributed by atoms with Gasteiger partial charge in [0.05, 0.1) is 12.1 Å². The van der Waals surface area contributed by atoms with Gasteiger partial charge in [-0.15, -0.1) is 0 Å². The lowest BCUT2D eigenvalue weighted by molar-refractivity contribution is 0.246. The molecule has 0 spiro atoms. The van der Waals surface area contributed by atoms with E-state index in [2.05, 4.69) is 21.4 Å². The van der Waals surface area contributed by atoms with E-state index in [-0.39, 0.29) is 6.10 Å². The van der Waals surface area contributed by atoms with Crippen LogP contribution in [0.4, 0.5) is 5.95 Å². The minimum atomic E-state index is 0.137. The Hall–Kier alpha value is -2.62. The normalized spacial score (nSPS) is 16.5. The lowest BCUT2D eigenvalue weighted by atomic mass is 10.1. The van der Waals surface area contributed by atoms with Gasteiger partial charge in [-0.2, -0.15) is 0 Å². The van der Waals surface area contributed by atoms with Gasteiger partial charge in [0, 0.05) is 18.0 Å². The summed E-state index contributed by atoms with van der Waals surface area (Å²) in [5.74, 6) is 1.64. The molecule has 0 amide bonds. The third kappa shape index (κ3) is 2.40. The van der Waals surface area contributed by atoms with Crippen LogP contribution in [0.2, 0.25) is 0 Å². The Morgan fingerprint density at radius 3 is 2.90 bits per heavy atom. The van der Waals surface area contributed by atoms with Gasteiger partial charge >= 0.3 is 0 Å². The van der Waals surface area contributed by atoms with E-state index in [1.165, 1.54) is 5.56 Å². The van der Waals surface area contributed by atoms with Crippen molar-refractivity contribution in [2.75, 3.05) is 11.9 Å². The maximum atomic E-state index is 5.90. The first kappa shape index (κ1) is 12.1. The predicted octanol–water partition coefficient (Wildman–Crippen LogP) is 3.05. The van der Waals surface area contributed by atoms with Crippen molar-refractivity contribution in [2.24, 2.45) is 0 Å². The van der Waals surface area contributed by atoms with Gasteiger partial charge in [-0.3, -0.25) is 0 Å². The highest BCUT2D eigenvalue weighted by molar-refractivity contribution is 5.78. The average molecular weight is 277 g/mol. The molecule has 2 aromatic carbocycles. The molecule has 1 unspecified atom stereocenters. The molecule has 1 atom stereocenters. The summed E-state index contributed by atoms with van der Waals surface area (Å²) in [5.41, 5.74) is 2.22. The first-order valence-electron chi connectivity index (χ1n) is 7.09. The number of ether oxygens (including phenoxy) is 1. The first-order valence-corrected chi connectivity index (χ1v) is 7.09. The van der Waals surface area contributed by atoms with E-state index in [4.69, 9.17) is 4.74 Å². The molecule has 104 valence electrons. The molecular weight excluding hydrogens is 262 g/mol. The van der Waals surface area contributed by atoms with Crippen LogP contribution in [0, 0.1) is 0 Å². The molecule has 3 aromatic rings. The highest BCUT2D eigenvalue weighted by atomic mass is 16.5. The zero-order chi connectivity index (χ0) is 14.1. The van der Waals surface area contributed by atoms with Gasteiger partial charge in [0.1, 0.15) is 11.9 Å². The van der Waals surface area contributed by atoms with E-state index in [1.807, 2.05) is 48.7 Å². The first-order chi connectivity index (χ1) is 10.4. The van der Waals surface area contributed by atoms with Crippen molar-refractivity contribution >= 4 is 16.9 Å². The number of hydrogen-bond acceptors (Lipinski definition) is 4. The van der Waals surface area contributed by atoms with Crippen molar-refractivity contribution in [1.82, 2.24) is 9.97 Å². The van der Waals surface area contributed by atoms with Crippen molar-refractivity contribution in [3.8, 4) is 5.75 Å². The molecule has 21 heavy (non-hydrogen) atoms. The number of fused-ring (bicyclic) bond motifs is 2. The van der Waals surface area contributed by atoms with Gasteiger partial charge in [-0.25, -0.2) is 9.97 Å². The molecule has 0 saturated carbocycles. The molecule has 1 aromatic heterocycles. The predicted molar refractivity (Wildman–Crippen MR) is 82.6 cm³/mol. The third-order valence-corrected chi connectivity index (χ3v) is 3.69. The Balaban J connectivity index is 1.45. The van der Waals surface area contributed by atoms with Crippen molar-refractivity contribution in [1.29, 1.82) is 0 Å². The van der Waals surface area contributed by atoms with Crippen molar-refractivity contribution in [3.05, 3.63) is 60.3 Å². The molecular formula is C17H15N3O. The van der Waals surface area contributed by atoms with Crippen molar-refractivity contribution in [3.63, 3.8) is 0 Å². The maximum absolute atomic E-state index is 5.90. The summed E-state index contributed by atoms with van der Waals surface area (Å²) in [5, 5.41) is 4.32. The molecule has 0 fully saturated rings. The smallest absolute Gasteiger partial charge is 0.223 e. The van der Waals surface area contributed by atoms with E-state index >= 15 is 0 Å². The van der Waals surface area contributed by atoms with E-state index < -0.39 is 0 Å². The van der Waals surface area contributed by atoms with Crippen molar-refractivity contribution in [2.45, 2.75) is 12.5 Å². The summed E-state index contributed by atoms with van der Waals surface area (Å²) < 4.78 is 5.90. The van der Waals surface area contributed by atoms with Gasteiger partial charge in [0.25, 0.3) is 0 Å². The van der Waals surface area contributed by atoms with Crippen LogP contribution in [0.5, 0.6) is 5.75 Å². The Labute approximate surface area is 122 Å². The summed E-state index contributed by atoms with van der Waals surface area (Å²) in [7, 11) is 0. The number of anilines is 1. The Bertz CT molecular complexity index is 763. The molecule has 0 bridgehead atoms. The number of aromatic nitrogens is 2. The van der Waals surface area contributed by atoms with Gasteiger partial charge in [0.15, 0.2) is 0 Å².